The van der Waals surface area contributed by atoms with Crippen molar-refractivity contribution < 1.29 is 13.2 Å². The molecule has 6 nitrogen and oxygen atoms in total. The third-order valence-electron chi connectivity index (χ3n) is 6.14. The second-order valence-corrected chi connectivity index (χ2v) is 10.2. The SMILES string of the molecule is COc1ccccc1NS(=O)(=O)c1cc(NC(=S)NC2CC3CCC2C3)ccc1C. The lowest BCUT2D eigenvalue weighted by Gasteiger charge is -2.24. The van der Waals surface area contributed by atoms with Gasteiger partial charge in [0.1, 0.15) is 5.75 Å². The lowest BCUT2D eigenvalue weighted by Crippen LogP contribution is -2.40. The average molecular weight is 446 g/mol. The van der Waals surface area contributed by atoms with Crippen LogP contribution in [0.3, 0.4) is 0 Å². The van der Waals surface area contributed by atoms with Crippen LogP contribution in [0.4, 0.5) is 11.4 Å². The van der Waals surface area contributed by atoms with Gasteiger partial charge in [-0.15, -0.1) is 0 Å². The number of nitrogens with one attached hydrogen (secondary N) is 3. The van der Waals surface area contributed by atoms with Crippen molar-refractivity contribution >= 4 is 38.7 Å². The Hall–Kier alpha value is -2.32. The summed E-state index contributed by atoms with van der Waals surface area (Å²) in [5, 5.41) is 7.12. The molecule has 2 saturated carbocycles. The van der Waals surface area contributed by atoms with Crippen molar-refractivity contribution in [2.75, 3.05) is 17.1 Å². The summed E-state index contributed by atoms with van der Waals surface area (Å²) in [4.78, 5) is 0.195. The van der Waals surface area contributed by atoms with E-state index in [2.05, 4.69) is 15.4 Å². The van der Waals surface area contributed by atoms with Crippen LogP contribution in [0.1, 0.15) is 31.2 Å². The van der Waals surface area contributed by atoms with Gasteiger partial charge < -0.3 is 15.4 Å². The number of para-hydroxylation sites is 2. The molecule has 0 aliphatic heterocycles. The number of hydrogen-bond acceptors (Lipinski definition) is 4. The first-order valence-electron chi connectivity index (χ1n) is 10.2. The summed E-state index contributed by atoms with van der Waals surface area (Å²) in [6.45, 7) is 1.77. The van der Waals surface area contributed by atoms with E-state index in [9.17, 15) is 8.42 Å². The van der Waals surface area contributed by atoms with Gasteiger partial charge in [0.15, 0.2) is 5.11 Å². The van der Waals surface area contributed by atoms with Crippen molar-refractivity contribution in [1.29, 1.82) is 0 Å². The smallest absolute Gasteiger partial charge is 0.262 e. The monoisotopic (exact) mass is 445 g/mol. The van der Waals surface area contributed by atoms with Gasteiger partial charge in [0, 0.05) is 11.7 Å². The predicted octanol–water partition coefficient (Wildman–Crippen LogP) is 4.28. The highest BCUT2D eigenvalue weighted by Gasteiger charge is 2.39. The minimum Gasteiger partial charge on any atom is -0.495 e. The molecule has 2 aromatic carbocycles. The fourth-order valence-corrected chi connectivity index (χ4v) is 6.26. The van der Waals surface area contributed by atoms with E-state index in [-0.39, 0.29) is 4.90 Å². The van der Waals surface area contributed by atoms with Crippen LogP contribution in [-0.4, -0.2) is 26.7 Å². The van der Waals surface area contributed by atoms with Gasteiger partial charge in [-0.25, -0.2) is 8.42 Å². The maximum atomic E-state index is 13.1. The first-order chi connectivity index (χ1) is 14.4. The molecule has 3 atom stereocenters. The molecule has 0 saturated heterocycles. The van der Waals surface area contributed by atoms with Gasteiger partial charge in [-0.1, -0.05) is 24.6 Å². The molecular weight excluding hydrogens is 418 g/mol. The van der Waals surface area contributed by atoms with Gasteiger partial charge in [0.2, 0.25) is 0 Å². The molecular formula is C22H27N3O3S2. The zero-order chi connectivity index (χ0) is 21.3. The van der Waals surface area contributed by atoms with Gasteiger partial charge >= 0.3 is 0 Å². The highest BCUT2D eigenvalue weighted by Crippen LogP contribution is 2.44. The molecule has 2 fully saturated rings. The predicted molar refractivity (Wildman–Crippen MR) is 124 cm³/mol. The van der Waals surface area contributed by atoms with E-state index in [0.717, 1.165) is 5.92 Å². The standard InChI is InChI=1S/C22H27N3O3S2/c1-14-7-10-17(23-22(29)24-19-12-15-8-9-16(19)11-15)13-21(14)30(26,27)25-18-5-3-4-6-20(18)28-2/h3-7,10,13,15-16,19,25H,8-9,11-12H2,1-2H3,(H2,23,24,29). The van der Waals surface area contributed by atoms with Crippen LogP contribution in [0, 0.1) is 18.8 Å². The number of thiocarbonyl (C=S) groups is 1. The summed E-state index contributed by atoms with van der Waals surface area (Å²) < 4.78 is 34.0. The molecule has 30 heavy (non-hydrogen) atoms. The van der Waals surface area contributed by atoms with Crippen molar-refractivity contribution in [3.8, 4) is 5.75 Å². The summed E-state index contributed by atoms with van der Waals surface area (Å²) >= 11 is 5.49. The first-order valence-corrected chi connectivity index (χ1v) is 12.1. The second kappa shape index (κ2) is 8.43. The van der Waals surface area contributed by atoms with E-state index in [1.807, 2.05) is 6.07 Å². The number of benzene rings is 2. The maximum Gasteiger partial charge on any atom is 0.262 e. The zero-order valence-electron chi connectivity index (χ0n) is 17.1. The molecule has 160 valence electrons. The van der Waals surface area contributed by atoms with Gasteiger partial charge in [-0.05, 0) is 80.1 Å². The number of ether oxygens (including phenoxy) is 1. The number of sulfonamides is 1. The zero-order valence-corrected chi connectivity index (χ0v) is 18.8. The molecule has 2 aliphatic carbocycles. The average Bonchev–Trinajstić information content (AvgIpc) is 3.32. The van der Waals surface area contributed by atoms with Crippen molar-refractivity contribution in [3.05, 3.63) is 48.0 Å². The van der Waals surface area contributed by atoms with E-state index < -0.39 is 10.0 Å². The van der Waals surface area contributed by atoms with E-state index in [1.54, 1.807) is 43.3 Å². The maximum absolute atomic E-state index is 13.1. The Bertz CT molecular complexity index is 1060. The molecule has 0 aromatic heterocycles. The Morgan fingerprint density at radius 1 is 1.13 bits per heavy atom. The molecule has 0 amide bonds. The first kappa shape index (κ1) is 20.9. The van der Waals surface area contributed by atoms with Gasteiger partial charge in [-0.2, -0.15) is 0 Å². The van der Waals surface area contributed by atoms with E-state index in [0.29, 0.717) is 39.8 Å². The third kappa shape index (κ3) is 4.39. The van der Waals surface area contributed by atoms with Crippen LogP contribution in [-0.2, 0) is 10.0 Å². The molecule has 2 aliphatic rings. The summed E-state index contributed by atoms with van der Waals surface area (Å²) in [6, 6.07) is 12.6. The fourth-order valence-electron chi connectivity index (χ4n) is 4.65. The molecule has 0 radical (unpaired) electrons. The quantitative estimate of drug-likeness (QED) is 0.576. The Kier molecular flexibility index (Phi) is 5.88. The van der Waals surface area contributed by atoms with Crippen LogP contribution in [0.25, 0.3) is 0 Å². The Labute approximate surface area is 183 Å². The normalized spacial score (nSPS) is 22.5. The molecule has 4 rings (SSSR count). The largest absolute Gasteiger partial charge is 0.495 e. The number of fused-ring (bicyclic) bond motifs is 2. The number of rotatable bonds is 6. The fraction of sp³-hybridized carbons (Fsp3) is 0.409. The molecule has 3 unspecified atom stereocenters. The van der Waals surface area contributed by atoms with Crippen LogP contribution in [0.5, 0.6) is 5.75 Å². The summed E-state index contributed by atoms with van der Waals surface area (Å²) in [7, 11) is -2.29. The van der Waals surface area contributed by atoms with E-state index in [4.69, 9.17) is 17.0 Å². The van der Waals surface area contributed by atoms with Gasteiger partial charge in [-0.3, -0.25) is 4.72 Å². The Morgan fingerprint density at radius 3 is 2.63 bits per heavy atom. The summed E-state index contributed by atoms with van der Waals surface area (Å²) in [6.07, 6.45) is 5.07. The molecule has 2 aromatic rings. The van der Waals surface area contributed by atoms with Crippen LogP contribution in [0.15, 0.2) is 47.4 Å². The van der Waals surface area contributed by atoms with Crippen LogP contribution >= 0.6 is 12.2 Å². The Morgan fingerprint density at radius 2 is 1.93 bits per heavy atom. The minimum absolute atomic E-state index is 0.195. The second-order valence-electron chi connectivity index (χ2n) is 8.17. The van der Waals surface area contributed by atoms with Gasteiger partial charge in [0.25, 0.3) is 10.0 Å². The molecule has 2 bridgehead atoms. The number of hydrogen-bond donors (Lipinski definition) is 3. The Balaban J connectivity index is 1.49. The lowest BCUT2D eigenvalue weighted by molar-refractivity contribution is 0.392. The molecule has 8 heteroatoms. The van der Waals surface area contributed by atoms with E-state index in [1.165, 1.54) is 32.8 Å². The highest BCUT2D eigenvalue weighted by molar-refractivity contribution is 7.92. The molecule has 0 heterocycles. The number of anilines is 2. The van der Waals surface area contributed by atoms with Crippen LogP contribution in [0.2, 0.25) is 0 Å². The van der Waals surface area contributed by atoms with Crippen molar-refractivity contribution in [1.82, 2.24) is 5.32 Å². The minimum atomic E-state index is -3.80. The van der Waals surface area contributed by atoms with Gasteiger partial charge in [0.05, 0.1) is 17.7 Å². The number of methoxy groups -OCH3 is 1. The lowest BCUT2D eigenvalue weighted by atomic mass is 9.96. The molecule has 3 N–H and O–H groups in total. The molecule has 0 spiro atoms. The van der Waals surface area contributed by atoms with Crippen LogP contribution < -0.4 is 20.1 Å². The van der Waals surface area contributed by atoms with Crippen molar-refractivity contribution in [3.63, 3.8) is 0 Å². The van der Waals surface area contributed by atoms with Crippen molar-refractivity contribution in [2.45, 2.75) is 43.5 Å². The topological polar surface area (TPSA) is 79.5 Å². The summed E-state index contributed by atoms with van der Waals surface area (Å²) in [5.74, 6) is 1.99. The van der Waals surface area contributed by atoms with Crippen molar-refractivity contribution in [2.24, 2.45) is 11.8 Å². The summed E-state index contributed by atoms with van der Waals surface area (Å²) in [5.41, 5.74) is 1.68. The van der Waals surface area contributed by atoms with E-state index >= 15 is 0 Å². The highest BCUT2D eigenvalue weighted by atomic mass is 32.2. The third-order valence-corrected chi connectivity index (χ3v) is 7.87. The number of aryl methyl sites for hydroxylation is 1.